The first-order chi connectivity index (χ1) is 10.8. The topological polar surface area (TPSA) is 79.7 Å². The molecular weight excluding hydrogens is 276 g/mol. The van der Waals surface area contributed by atoms with E-state index >= 15 is 0 Å². The van der Waals surface area contributed by atoms with Crippen LogP contribution in [-0.4, -0.2) is 19.9 Å². The molecule has 3 aromatic heterocycles. The standard InChI is InChI=1S/C16H8N6/c1-18-15-5-3-11(7-20-15)13-9-21-16(22-10-13)12-2-4-14(6-17)19-8-12/h2-5,7-10H. The molecule has 0 N–H and O–H groups in total. The highest BCUT2D eigenvalue weighted by Crippen LogP contribution is 2.21. The largest absolute Gasteiger partial charge is 0.361 e. The van der Waals surface area contributed by atoms with Gasteiger partial charge in [-0.2, -0.15) is 5.26 Å². The predicted molar refractivity (Wildman–Crippen MR) is 79.5 cm³/mol. The van der Waals surface area contributed by atoms with Gasteiger partial charge in [0.05, 0.1) is 0 Å². The van der Waals surface area contributed by atoms with E-state index in [0.717, 1.165) is 16.7 Å². The highest BCUT2D eigenvalue weighted by molar-refractivity contribution is 5.64. The lowest BCUT2D eigenvalue weighted by Crippen LogP contribution is -1.91. The summed E-state index contributed by atoms with van der Waals surface area (Å²) in [4.78, 5) is 19.9. The average Bonchev–Trinajstić information content (AvgIpc) is 2.62. The van der Waals surface area contributed by atoms with Crippen LogP contribution in [0.4, 0.5) is 5.82 Å². The van der Waals surface area contributed by atoms with Crippen LogP contribution in [0.15, 0.2) is 49.1 Å². The highest BCUT2D eigenvalue weighted by atomic mass is 14.9. The van der Waals surface area contributed by atoms with Crippen LogP contribution in [0, 0.1) is 17.9 Å². The Labute approximate surface area is 126 Å². The zero-order valence-electron chi connectivity index (χ0n) is 11.3. The zero-order valence-corrected chi connectivity index (χ0v) is 11.3. The van der Waals surface area contributed by atoms with Gasteiger partial charge in [0.25, 0.3) is 5.82 Å². The lowest BCUT2D eigenvalue weighted by atomic mass is 10.1. The first kappa shape index (κ1) is 13.3. The van der Waals surface area contributed by atoms with E-state index in [1.807, 2.05) is 12.1 Å². The molecule has 0 bridgehead atoms. The fourth-order valence-electron chi connectivity index (χ4n) is 1.84. The second-order valence-corrected chi connectivity index (χ2v) is 4.36. The molecule has 0 saturated carbocycles. The van der Waals surface area contributed by atoms with Gasteiger partial charge < -0.3 is 4.85 Å². The molecule has 22 heavy (non-hydrogen) atoms. The maximum absolute atomic E-state index is 8.73. The zero-order chi connectivity index (χ0) is 15.4. The lowest BCUT2D eigenvalue weighted by molar-refractivity contribution is 1.16. The third kappa shape index (κ3) is 2.62. The van der Waals surface area contributed by atoms with Crippen molar-refractivity contribution in [1.29, 1.82) is 5.26 Å². The van der Waals surface area contributed by atoms with Crippen LogP contribution in [0.2, 0.25) is 0 Å². The van der Waals surface area contributed by atoms with E-state index in [2.05, 4.69) is 24.8 Å². The minimum Gasteiger partial charge on any atom is -0.361 e. The van der Waals surface area contributed by atoms with Crippen molar-refractivity contribution >= 4 is 5.82 Å². The number of pyridine rings is 2. The van der Waals surface area contributed by atoms with E-state index in [9.17, 15) is 0 Å². The molecule has 3 rings (SSSR count). The molecule has 6 heteroatoms. The molecule has 0 aliphatic carbocycles. The summed E-state index contributed by atoms with van der Waals surface area (Å²) in [6.07, 6.45) is 6.57. The van der Waals surface area contributed by atoms with Crippen LogP contribution in [0.3, 0.4) is 0 Å². The Morgan fingerprint density at radius 1 is 0.818 bits per heavy atom. The highest BCUT2D eigenvalue weighted by Gasteiger charge is 2.05. The summed E-state index contributed by atoms with van der Waals surface area (Å²) in [5, 5.41) is 8.73. The second-order valence-electron chi connectivity index (χ2n) is 4.36. The second kappa shape index (κ2) is 5.78. The summed E-state index contributed by atoms with van der Waals surface area (Å²) >= 11 is 0. The molecular formula is C16H8N6. The van der Waals surface area contributed by atoms with E-state index in [4.69, 9.17) is 11.8 Å². The van der Waals surface area contributed by atoms with Gasteiger partial charge in [-0.15, -0.1) is 4.98 Å². The molecule has 0 aromatic carbocycles. The lowest BCUT2D eigenvalue weighted by Gasteiger charge is -2.02. The van der Waals surface area contributed by atoms with Crippen molar-refractivity contribution in [2.45, 2.75) is 0 Å². The average molecular weight is 284 g/mol. The Kier molecular flexibility index (Phi) is 3.51. The van der Waals surface area contributed by atoms with Crippen molar-refractivity contribution in [2.75, 3.05) is 0 Å². The summed E-state index contributed by atoms with van der Waals surface area (Å²) in [6, 6.07) is 8.81. The molecule has 0 amide bonds. The molecule has 0 spiro atoms. The van der Waals surface area contributed by atoms with Crippen molar-refractivity contribution in [3.63, 3.8) is 0 Å². The normalized spacial score (nSPS) is 9.73. The van der Waals surface area contributed by atoms with Crippen molar-refractivity contribution in [2.24, 2.45) is 0 Å². The minimum atomic E-state index is 0.352. The summed E-state index contributed by atoms with van der Waals surface area (Å²) in [7, 11) is 0. The predicted octanol–water partition coefficient (Wildman–Crippen LogP) is 3.02. The Balaban J connectivity index is 1.88. The molecule has 0 unspecified atom stereocenters. The molecule has 0 radical (unpaired) electrons. The van der Waals surface area contributed by atoms with Gasteiger partial charge in [0.2, 0.25) is 0 Å². The number of hydrogen-bond donors (Lipinski definition) is 0. The Hall–Kier alpha value is -3.64. The monoisotopic (exact) mass is 284 g/mol. The molecule has 0 saturated heterocycles. The molecule has 102 valence electrons. The molecule has 0 fully saturated rings. The first-order valence-corrected chi connectivity index (χ1v) is 6.32. The number of nitrogens with zero attached hydrogens (tertiary/aromatic N) is 6. The summed E-state index contributed by atoms with van der Waals surface area (Å²) in [5.41, 5.74) is 2.75. The van der Waals surface area contributed by atoms with Gasteiger partial charge in [-0.05, 0) is 18.2 Å². The van der Waals surface area contributed by atoms with E-state index in [0.29, 0.717) is 17.3 Å². The van der Waals surface area contributed by atoms with Crippen LogP contribution in [0.1, 0.15) is 5.69 Å². The Bertz CT molecular complexity index is 792. The van der Waals surface area contributed by atoms with Crippen molar-refractivity contribution < 1.29 is 0 Å². The van der Waals surface area contributed by atoms with Gasteiger partial charge in [0, 0.05) is 35.3 Å². The van der Waals surface area contributed by atoms with Crippen molar-refractivity contribution in [3.8, 4) is 28.6 Å². The first-order valence-electron chi connectivity index (χ1n) is 6.32. The Morgan fingerprint density at radius 2 is 1.50 bits per heavy atom. The van der Waals surface area contributed by atoms with Gasteiger partial charge in [0.1, 0.15) is 18.0 Å². The molecule has 6 nitrogen and oxygen atoms in total. The quantitative estimate of drug-likeness (QED) is 0.676. The fourth-order valence-corrected chi connectivity index (χ4v) is 1.84. The van der Waals surface area contributed by atoms with E-state index in [1.165, 1.54) is 0 Å². The van der Waals surface area contributed by atoms with Crippen molar-refractivity contribution in [3.05, 3.63) is 66.2 Å². The SMILES string of the molecule is [C-]#[N+]c1ccc(-c2cnc(-c3ccc(C#N)nc3)nc2)cn1. The minimum absolute atomic E-state index is 0.352. The van der Waals surface area contributed by atoms with Crippen LogP contribution >= 0.6 is 0 Å². The number of nitriles is 1. The molecule has 3 heterocycles. The maximum atomic E-state index is 8.73. The fraction of sp³-hybridized carbons (Fsp3) is 0. The molecule has 0 aliphatic rings. The van der Waals surface area contributed by atoms with Gasteiger partial charge in [-0.3, -0.25) is 0 Å². The van der Waals surface area contributed by atoms with E-state index in [-0.39, 0.29) is 0 Å². The van der Waals surface area contributed by atoms with Gasteiger partial charge in [0.15, 0.2) is 5.82 Å². The van der Waals surface area contributed by atoms with Crippen LogP contribution in [-0.2, 0) is 0 Å². The Morgan fingerprint density at radius 3 is 2.05 bits per heavy atom. The molecule has 3 aromatic rings. The summed E-state index contributed by atoms with van der Waals surface area (Å²) in [6.45, 7) is 6.88. The van der Waals surface area contributed by atoms with Gasteiger partial charge in [-0.25, -0.2) is 15.0 Å². The van der Waals surface area contributed by atoms with Crippen LogP contribution < -0.4 is 0 Å². The third-order valence-electron chi connectivity index (χ3n) is 2.98. The number of aromatic nitrogens is 4. The van der Waals surface area contributed by atoms with Crippen LogP contribution in [0.5, 0.6) is 0 Å². The van der Waals surface area contributed by atoms with Gasteiger partial charge in [-0.1, -0.05) is 12.6 Å². The number of rotatable bonds is 2. The third-order valence-corrected chi connectivity index (χ3v) is 2.98. The van der Waals surface area contributed by atoms with Crippen LogP contribution in [0.25, 0.3) is 27.4 Å². The maximum Gasteiger partial charge on any atom is 0.269 e. The smallest absolute Gasteiger partial charge is 0.269 e. The molecule has 0 aliphatic heterocycles. The van der Waals surface area contributed by atoms with Gasteiger partial charge >= 0.3 is 0 Å². The number of hydrogen-bond acceptors (Lipinski definition) is 5. The van der Waals surface area contributed by atoms with E-state index in [1.54, 1.807) is 43.0 Å². The van der Waals surface area contributed by atoms with Crippen molar-refractivity contribution in [1.82, 2.24) is 19.9 Å². The molecule has 0 atom stereocenters. The van der Waals surface area contributed by atoms with E-state index < -0.39 is 0 Å². The summed E-state index contributed by atoms with van der Waals surface area (Å²) in [5.74, 6) is 0.886. The summed E-state index contributed by atoms with van der Waals surface area (Å²) < 4.78 is 0.